The lowest BCUT2D eigenvalue weighted by molar-refractivity contribution is 0.354. The molecule has 1 atom stereocenters. The Hall–Kier alpha value is -1.52. The van der Waals surface area contributed by atoms with Crippen molar-refractivity contribution in [3.05, 3.63) is 45.6 Å². The predicted molar refractivity (Wildman–Crippen MR) is 74.6 cm³/mol. The molecule has 1 aromatic heterocycles. The fraction of sp³-hybridized carbons (Fsp3) is 0.286. The van der Waals surface area contributed by atoms with E-state index in [1.54, 1.807) is 25.6 Å². The molecule has 2 aromatic rings. The minimum absolute atomic E-state index is 0.129. The van der Waals surface area contributed by atoms with Crippen LogP contribution < -0.4 is 15.2 Å². The molecule has 1 unspecified atom stereocenters. The number of hydrogen-bond acceptors (Lipinski definition) is 4. The van der Waals surface area contributed by atoms with Crippen LogP contribution in [0.4, 0.5) is 0 Å². The van der Waals surface area contributed by atoms with Crippen molar-refractivity contribution in [2.24, 2.45) is 5.73 Å². The summed E-state index contributed by atoms with van der Waals surface area (Å²) >= 11 is 1.65. The molecular weight excluding hydrogens is 246 g/mol. The van der Waals surface area contributed by atoms with Gasteiger partial charge in [0.1, 0.15) is 0 Å². The van der Waals surface area contributed by atoms with E-state index in [2.05, 4.69) is 5.38 Å². The van der Waals surface area contributed by atoms with Crippen molar-refractivity contribution in [2.75, 3.05) is 14.2 Å². The standard InChI is InChI=1S/C14H17NO2S/c1-9-6-12(16-2)13(17-3)7-11(9)14(15)10-4-5-18-8-10/h4-8,14H,15H2,1-3H3. The van der Waals surface area contributed by atoms with Crippen LogP contribution in [0.25, 0.3) is 0 Å². The molecule has 0 saturated heterocycles. The first-order valence-electron chi connectivity index (χ1n) is 5.67. The van der Waals surface area contributed by atoms with E-state index in [-0.39, 0.29) is 6.04 Å². The van der Waals surface area contributed by atoms with Gasteiger partial charge < -0.3 is 15.2 Å². The normalized spacial score (nSPS) is 12.2. The van der Waals surface area contributed by atoms with E-state index in [1.807, 2.05) is 30.5 Å². The Morgan fingerprint density at radius 3 is 2.39 bits per heavy atom. The van der Waals surface area contributed by atoms with Crippen LogP contribution in [0, 0.1) is 6.92 Å². The maximum Gasteiger partial charge on any atom is 0.161 e. The van der Waals surface area contributed by atoms with Crippen LogP contribution in [0.1, 0.15) is 22.7 Å². The molecule has 0 fully saturated rings. The first-order valence-corrected chi connectivity index (χ1v) is 6.62. The van der Waals surface area contributed by atoms with Crippen molar-refractivity contribution in [3.8, 4) is 11.5 Å². The molecule has 96 valence electrons. The van der Waals surface area contributed by atoms with Crippen molar-refractivity contribution < 1.29 is 9.47 Å². The summed E-state index contributed by atoms with van der Waals surface area (Å²) in [5.41, 5.74) is 9.57. The highest BCUT2D eigenvalue weighted by Gasteiger charge is 2.15. The Kier molecular flexibility index (Phi) is 3.89. The first kappa shape index (κ1) is 12.9. The minimum Gasteiger partial charge on any atom is -0.493 e. The van der Waals surface area contributed by atoms with Gasteiger partial charge in [0.05, 0.1) is 20.3 Å². The Bertz CT molecular complexity index is 523. The van der Waals surface area contributed by atoms with Crippen molar-refractivity contribution in [2.45, 2.75) is 13.0 Å². The molecule has 1 heterocycles. The summed E-state index contributed by atoms with van der Waals surface area (Å²) in [6.45, 7) is 2.03. The van der Waals surface area contributed by atoms with Gasteiger partial charge in [0, 0.05) is 0 Å². The molecular formula is C14H17NO2S. The molecule has 0 aliphatic rings. The monoisotopic (exact) mass is 263 g/mol. The average Bonchev–Trinajstić information content (AvgIpc) is 2.91. The molecule has 4 heteroatoms. The third kappa shape index (κ3) is 2.35. The number of methoxy groups -OCH3 is 2. The Morgan fingerprint density at radius 1 is 1.17 bits per heavy atom. The molecule has 18 heavy (non-hydrogen) atoms. The number of rotatable bonds is 4. The van der Waals surface area contributed by atoms with Crippen LogP contribution in [-0.2, 0) is 0 Å². The zero-order chi connectivity index (χ0) is 13.1. The molecule has 0 amide bonds. The SMILES string of the molecule is COc1cc(C)c(C(N)c2ccsc2)cc1OC. The lowest BCUT2D eigenvalue weighted by Gasteiger charge is -2.17. The van der Waals surface area contributed by atoms with Gasteiger partial charge in [-0.15, -0.1) is 0 Å². The highest BCUT2D eigenvalue weighted by atomic mass is 32.1. The molecule has 3 nitrogen and oxygen atoms in total. The summed E-state index contributed by atoms with van der Waals surface area (Å²) in [7, 11) is 3.27. The lowest BCUT2D eigenvalue weighted by atomic mass is 9.97. The number of benzene rings is 1. The largest absolute Gasteiger partial charge is 0.493 e. The topological polar surface area (TPSA) is 44.5 Å². The lowest BCUT2D eigenvalue weighted by Crippen LogP contribution is -2.12. The van der Waals surface area contributed by atoms with E-state index in [9.17, 15) is 0 Å². The smallest absolute Gasteiger partial charge is 0.161 e. The molecule has 0 saturated carbocycles. The highest BCUT2D eigenvalue weighted by molar-refractivity contribution is 7.08. The molecule has 0 aliphatic heterocycles. The highest BCUT2D eigenvalue weighted by Crippen LogP contribution is 2.34. The summed E-state index contributed by atoms with van der Waals surface area (Å²) in [4.78, 5) is 0. The fourth-order valence-corrected chi connectivity index (χ4v) is 2.66. The quantitative estimate of drug-likeness (QED) is 0.921. The molecule has 0 aliphatic carbocycles. The molecule has 0 spiro atoms. The van der Waals surface area contributed by atoms with Gasteiger partial charge in [-0.1, -0.05) is 0 Å². The van der Waals surface area contributed by atoms with Gasteiger partial charge in [-0.25, -0.2) is 0 Å². The Morgan fingerprint density at radius 2 is 1.83 bits per heavy atom. The zero-order valence-corrected chi connectivity index (χ0v) is 11.6. The predicted octanol–water partition coefficient (Wildman–Crippen LogP) is 3.12. The van der Waals surface area contributed by atoms with E-state index >= 15 is 0 Å². The number of nitrogens with two attached hydrogens (primary N) is 1. The first-order chi connectivity index (χ1) is 8.67. The van der Waals surface area contributed by atoms with Crippen molar-refractivity contribution >= 4 is 11.3 Å². The summed E-state index contributed by atoms with van der Waals surface area (Å²) in [5, 5.41) is 4.10. The Labute approximate surface area is 111 Å². The molecule has 2 N–H and O–H groups in total. The van der Waals surface area contributed by atoms with Crippen LogP contribution >= 0.6 is 11.3 Å². The van der Waals surface area contributed by atoms with Crippen LogP contribution in [0.3, 0.4) is 0 Å². The Balaban J connectivity index is 2.45. The minimum atomic E-state index is -0.129. The maximum atomic E-state index is 6.29. The van der Waals surface area contributed by atoms with Gasteiger partial charge >= 0.3 is 0 Å². The van der Waals surface area contributed by atoms with Crippen LogP contribution in [0.2, 0.25) is 0 Å². The van der Waals surface area contributed by atoms with E-state index in [4.69, 9.17) is 15.2 Å². The van der Waals surface area contributed by atoms with Crippen LogP contribution in [-0.4, -0.2) is 14.2 Å². The third-order valence-electron chi connectivity index (χ3n) is 3.01. The van der Waals surface area contributed by atoms with Gasteiger partial charge in [0.2, 0.25) is 0 Å². The van der Waals surface area contributed by atoms with Crippen LogP contribution in [0.15, 0.2) is 29.0 Å². The summed E-state index contributed by atoms with van der Waals surface area (Å²) < 4.78 is 10.6. The second-order valence-corrected chi connectivity index (χ2v) is 4.88. The van der Waals surface area contributed by atoms with E-state index < -0.39 is 0 Å². The second-order valence-electron chi connectivity index (χ2n) is 4.10. The van der Waals surface area contributed by atoms with Crippen molar-refractivity contribution in [1.82, 2.24) is 0 Å². The van der Waals surface area contributed by atoms with Gasteiger partial charge in [-0.05, 0) is 52.6 Å². The van der Waals surface area contributed by atoms with E-state index in [0.717, 1.165) is 22.4 Å². The van der Waals surface area contributed by atoms with E-state index in [1.165, 1.54) is 0 Å². The van der Waals surface area contributed by atoms with Gasteiger partial charge in [0.15, 0.2) is 11.5 Å². The van der Waals surface area contributed by atoms with Crippen molar-refractivity contribution in [1.29, 1.82) is 0 Å². The number of ether oxygens (including phenoxy) is 2. The maximum absolute atomic E-state index is 6.29. The van der Waals surface area contributed by atoms with Gasteiger partial charge in [-0.2, -0.15) is 11.3 Å². The molecule has 0 radical (unpaired) electrons. The zero-order valence-electron chi connectivity index (χ0n) is 10.8. The van der Waals surface area contributed by atoms with Gasteiger partial charge in [0.25, 0.3) is 0 Å². The summed E-state index contributed by atoms with van der Waals surface area (Å²) in [5.74, 6) is 1.44. The van der Waals surface area contributed by atoms with E-state index in [0.29, 0.717) is 5.75 Å². The molecule has 1 aromatic carbocycles. The third-order valence-corrected chi connectivity index (χ3v) is 3.71. The average molecular weight is 263 g/mol. The van der Waals surface area contributed by atoms with Gasteiger partial charge in [-0.3, -0.25) is 0 Å². The van der Waals surface area contributed by atoms with Crippen molar-refractivity contribution in [3.63, 3.8) is 0 Å². The number of thiophene rings is 1. The summed E-state index contributed by atoms with van der Waals surface area (Å²) in [6, 6.07) is 5.83. The molecule has 0 bridgehead atoms. The van der Waals surface area contributed by atoms with Crippen LogP contribution in [0.5, 0.6) is 11.5 Å². The summed E-state index contributed by atoms with van der Waals surface area (Å²) in [6.07, 6.45) is 0. The fourth-order valence-electron chi connectivity index (χ4n) is 1.96. The molecule has 2 rings (SSSR count). The second kappa shape index (κ2) is 5.42. The number of hydrogen-bond donors (Lipinski definition) is 1. The number of aryl methyl sites for hydroxylation is 1.